The molecule has 0 aliphatic carbocycles. The minimum absolute atomic E-state index is 0.148. The maximum atomic E-state index is 13.6. The number of amidine groups is 1. The highest BCUT2D eigenvalue weighted by Gasteiger charge is 2.35. The van der Waals surface area contributed by atoms with Gasteiger partial charge in [0.15, 0.2) is 5.17 Å². The summed E-state index contributed by atoms with van der Waals surface area (Å²) in [5.41, 5.74) is 4.53. The molecule has 4 aromatic carbocycles. The van der Waals surface area contributed by atoms with Gasteiger partial charge in [-0.25, -0.2) is 4.99 Å². The van der Waals surface area contributed by atoms with E-state index in [1.54, 1.807) is 11.0 Å². The molecular weight excluding hydrogens is 488 g/mol. The molecule has 0 spiro atoms. The number of anilines is 1. The van der Waals surface area contributed by atoms with Gasteiger partial charge in [0.05, 0.1) is 16.3 Å². The molecule has 1 aliphatic rings. The average Bonchev–Trinajstić information content (AvgIpc) is 3.19. The molecule has 1 saturated heterocycles. The Morgan fingerprint density at radius 1 is 0.917 bits per heavy atom. The van der Waals surface area contributed by atoms with Crippen LogP contribution in [0.4, 0.5) is 11.4 Å². The van der Waals surface area contributed by atoms with E-state index in [1.165, 1.54) is 17.3 Å². The number of halogens is 1. The lowest BCUT2D eigenvalue weighted by molar-refractivity contribution is -0.113. The quantitative estimate of drug-likeness (QED) is 0.246. The molecule has 36 heavy (non-hydrogen) atoms. The Balaban J connectivity index is 1.49. The van der Waals surface area contributed by atoms with Gasteiger partial charge in [-0.15, -0.1) is 0 Å². The van der Waals surface area contributed by atoms with Crippen LogP contribution in [0.15, 0.2) is 113 Å². The van der Waals surface area contributed by atoms with Crippen LogP contribution in [0.5, 0.6) is 5.75 Å². The van der Waals surface area contributed by atoms with E-state index in [1.807, 2.05) is 91.0 Å². The van der Waals surface area contributed by atoms with Crippen molar-refractivity contribution < 1.29 is 9.53 Å². The van der Waals surface area contributed by atoms with E-state index in [-0.39, 0.29) is 5.91 Å². The molecule has 1 aliphatic heterocycles. The fourth-order valence-corrected chi connectivity index (χ4v) is 4.89. The highest BCUT2D eigenvalue weighted by molar-refractivity contribution is 8.19. The fraction of sp³-hybridized carbons (Fsp3) is 0.0667. The molecule has 0 saturated carbocycles. The summed E-state index contributed by atoms with van der Waals surface area (Å²) >= 11 is 7.65. The number of nitrogens with zero attached hydrogens (tertiary/aromatic N) is 2. The third-order valence-electron chi connectivity index (χ3n) is 5.58. The molecule has 4 aromatic rings. The number of rotatable bonds is 6. The molecule has 5 rings (SSSR count). The molecule has 178 valence electrons. The maximum absolute atomic E-state index is 13.6. The predicted octanol–water partition coefficient (Wildman–Crippen LogP) is 8.04. The van der Waals surface area contributed by atoms with Crippen LogP contribution in [0.2, 0.25) is 5.02 Å². The lowest BCUT2D eigenvalue weighted by Crippen LogP contribution is -2.28. The Morgan fingerprint density at radius 2 is 1.61 bits per heavy atom. The van der Waals surface area contributed by atoms with Gasteiger partial charge < -0.3 is 4.74 Å². The van der Waals surface area contributed by atoms with Gasteiger partial charge in [0.1, 0.15) is 12.4 Å². The average molecular weight is 511 g/mol. The van der Waals surface area contributed by atoms with E-state index in [2.05, 4.69) is 19.1 Å². The predicted molar refractivity (Wildman–Crippen MR) is 150 cm³/mol. The van der Waals surface area contributed by atoms with Gasteiger partial charge in [0.25, 0.3) is 5.91 Å². The van der Waals surface area contributed by atoms with E-state index in [0.29, 0.717) is 27.5 Å². The second kappa shape index (κ2) is 10.9. The van der Waals surface area contributed by atoms with Crippen LogP contribution >= 0.6 is 23.4 Å². The minimum Gasteiger partial charge on any atom is -0.488 e. The number of carbonyl (C=O) groups excluding carboxylic acids is 1. The second-order valence-corrected chi connectivity index (χ2v) is 9.72. The van der Waals surface area contributed by atoms with E-state index in [9.17, 15) is 4.79 Å². The number of hydrogen-bond acceptors (Lipinski definition) is 4. The van der Waals surface area contributed by atoms with Crippen LogP contribution in [0.3, 0.4) is 0 Å². The van der Waals surface area contributed by atoms with Crippen LogP contribution in [0.1, 0.15) is 16.7 Å². The van der Waals surface area contributed by atoms with Crippen LogP contribution in [-0.2, 0) is 11.4 Å². The molecule has 1 heterocycles. The van der Waals surface area contributed by atoms with Crippen LogP contribution in [0, 0.1) is 6.92 Å². The normalized spacial score (nSPS) is 15.6. The van der Waals surface area contributed by atoms with Gasteiger partial charge in [-0.05, 0) is 72.8 Å². The molecule has 6 heteroatoms. The van der Waals surface area contributed by atoms with Crippen molar-refractivity contribution in [3.63, 3.8) is 0 Å². The van der Waals surface area contributed by atoms with Crippen molar-refractivity contribution >= 4 is 51.9 Å². The smallest absolute Gasteiger partial charge is 0.271 e. The third kappa shape index (κ3) is 5.54. The van der Waals surface area contributed by atoms with Crippen molar-refractivity contribution in [1.29, 1.82) is 0 Å². The summed E-state index contributed by atoms with van der Waals surface area (Å²) in [5, 5.41) is 1.16. The number of aryl methyl sites for hydroxylation is 1. The van der Waals surface area contributed by atoms with E-state index in [0.717, 1.165) is 22.5 Å². The number of hydrogen-bond donors (Lipinski definition) is 0. The summed E-state index contributed by atoms with van der Waals surface area (Å²) in [5.74, 6) is 0.505. The fourth-order valence-electron chi connectivity index (χ4n) is 3.72. The van der Waals surface area contributed by atoms with Crippen LogP contribution in [0.25, 0.3) is 6.08 Å². The Labute approximate surface area is 219 Å². The first-order valence-electron chi connectivity index (χ1n) is 11.5. The van der Waals surface area contributed by atoms with Crippen LogP contribution < -0.4 is 9.64 Å². The monoisotopic (exact) mass is 510 g/mol. The first-order valence-corrected chi connectivity index (χ1v) is 12.7. The van der Waals surface area contributed by atoms with Gasteiger partial charge in [-0.2, -0.15) is 0 Å². The second-order valence-electron chi connectivity index (χ2n) is 8.27. The van der Waals surface area contributed by atoms with Crippen molar-refractivity contribution in [3.05, 3.63) is 130 Å². The number of amides is 1. The summed E-state index contributed by atoms with van der Waals surface area (Å²) in [4.78, 5) is 20.5. The first kappa shape index (κ1) is 23.9. The Hall–Kier alpha value is -3.80. The molecule has 4 nitrogen and oxygen atoms in total. The van der Waals surface area contributed by atoms with Crippen molar-refractivity contribution in [2.24, 2.45) is 4.99 Å². The number of thioether (sulfide) groups is 1. The molecule has 0 bridgehead atoms. The zero-order chi connectivity index (χ0) is 24.9. The van der Waals surface area contributed by atoms with Gasteiger partial charge >= 0.3 is 0 Å². The topological polar surface area (TPSA) is 41.9 Å². The van der Waals surface area contributed by atoms with Gasteiger partial charge in [0, 0.05) is 10.6 Å². The number of aliphatic imine (C=N–C) groups is 1. The Morgan fingerprint density at radius 3 is 2.33 bits per heavy atom. The number of para-hydroxylation sites is 2. The summed E-state index contributed by atoms with van der Waals surface area (Å²) in [6.45, 7) is 2.47. The molecule has 0 radical (unpaired) electrons. The lowest BCUT2D eigenvalue weighted by Gasteiger charge is -2.15. The number of carbonyl (C=O) groups is 1. The highest BCUT2D eigenvalue weighted by Crippen LogP contribution is 2.38. The zero-order valence-corrected chi connectivity index (χ0v) is 21.2. The largest absolute Gasteiger partial charge is 0.488 e. The summed E-state index contributed by atoms with van der Waals surface area (Å²) < 4.78 is 6.13. The van der Waals surface area contributed by atoms with E-state index in [4.69, 9.17) is 21.3 Å². The molecule has 0 N–H and O–H groups in total. The molecule has 1 fully saturated rings. The van der Waals surface area contributed by atoms with Crippen molar-refractivity contribution in [1.82, 2.24) is 0 Å². The highest BCUT2D eigenvalue weighted by atomic mass is 35.5. The summed E-state index contributed by atoms with van der Waals surface area (Å²) in [6, 6.07) is 32.8. The minimum atomic E-state index is -0.148. The Bertz CT molecular complexity index is 1440. The van der Waals surface area contributed by atoms with E-state index >= 15 is 0 Å². The van der Waals surface area contributed by atoms with E-state index < -0.39 is 0 Å². The third-order valence-corrected chi connectivity index (χ3v) is 6.78. The van der Waals surface area contributed by atoms with Gasteiger partial charge in [-0.3, -0.25) is 9.69 Å². The lowest BCUT2D eigenvalue weighted by atomic mass is 10.1. The van der Waals surface area contributed by atoms with Crippen molar-refractivity contribution in [3.8, 4) is 5.75 Å². The number of benzene rings is 4. The van der Waals surface area contributed by atoms with Crippen molar-refractivity contribution in [2.75, 3.05) is 4.90 Å². The van der Waals surface area contributed by atoms with Crippen LogP contribution in [-0.4, -0.2) is 11.1 Å². The molecule has 0 unspecified atom stereocenters. The van der Waals surface area contributed by atoms with Crippen molar-refractivity contribution in [2.45, 2.75) is 13.5 Å². The molecular formula is C30H23ClN2O2S. The molecule has 0 atom stereocenters. The van der Waals surface area contributed by atoms with Gasteiger partial charge in [0.2, 0.25) is 0 Å². The summed E-state index contributed by atoms with van der Waals surface area (Å²) in [6.07, 6.45) is 1.83. The standard InChI is InChI=1S/C30H23ClN2O2S/c1-21-12-14-22(15-13-21)20-35-27-17-16-24(31)18-23(27)19-28-29(34)33(26-10-6-3-7-11-26)30(36-28)32-25-8-4-2-5-9-25/h2-19H,20H2,1H3/b28-19-,32-30?. The zero-order valence-electron chi connectivity index (χ0n) is 19.6. The number of ether oxygens (including phenoxy) is 1. The molecule has 1 amide bonds. The molecule has 0 aromatic heterocycles. The van der Waals surface area contributed by atoms with Gasteiger partial charge in [-0.1, -0.05) is 77.8 Å². The first-order chi connectivity index (χ1) is 17.6. The Kier molecular flexibility index (Phi) is 7.21. The summed E-state index contributed by atoms with van der Waals surface area (Å²) in [7, 11) is 0. The SMILES string of the molecule is Cc1ccc(COc2ccc(Cl)cc2/C=C2\SC(=Nc3ccccc3)N(c3ccccc3)C2=O)cc1. The maximum Gasteiger partial charge on any atom is 0.271 e.